The predicted octanol–water partition coefficient (Wildman–Crippen LogP) is 4.10. The number of ether oxygens (including phenoxy) is 1. The van der Waals surface area contributed by atoms with E-state index in [4.69, 9.17) is 4.74 Å². The van der Waals surface area contributed by atoms with Crippen molar-refractivity contribution in [3.63, 3.8) is 0 Å². The average Bonchev–Trinajstić information content (AvgIpc) is 3.13. The number of aromatic nitrogens is 3. The number of rotatable bonds is 5. The summed E-state index contributed by atoms with van der Waals surface area (Å²) in [5.74, 6) is 0.452. The van der Waals surface area contributed by atoms with E-state index in [1.165, 1.54) is 17.7 Å². The van der Waals surface area contributed by atoms with Gasteiger partial charge in [-0.25, -0.2) is 4.39 Å². The highest BCUT2D eigenvalue weighted by Gasteiger charge is 2.23. The van der Waals surface area contributed by atoms with Crippen LogP contribution in [0.4, 0.5) is 10.3 Å². The van der Waals surface area contributed by atoms with Crippen LogP contribution in [0.5, 0.6) is 0 Å². The van der Waals surface area contributed by atoms with Crippen LogP contribution in [-0.4, -0.2) is 41.1 Å². The number of anilines is 1. The summed E-state index contributed by atoms with van der Waals surface area (Å²) in [5.41, 5.74) is 1.94. The lowest BCUT2D eigenvalue weighted by molar-refractivity contribution is 0.122. The quantitative estimate of drug-likeness (QED) is 0.620. The van der Waals surface area contributed by atoms with Crippen LogP contribution in [0.2, 0.25) is 0 Å². The van der Waals surface area contributed by atoms with E-state index in [0.29, 0.717) is 13.2 Å². The molecule has 0 aliphatic carbocycles. The van der Waals surface area contributed by atoms with Gasteiger partial charge in [0.2, 0.25) is 5.95 Å². The van der Waals surface area contributed by atoms with Crippen molar-refractivity contribution in [1.82, 2.24) is 14.8 Å². The fourth-order valence-electron chi connectivity index (χ4n) is 3.10. The third-order valence-electron chi connectivity index (χ3n) is 4.53. The second-order valence-electron chi connectivity index (χ2n) is 6.37. The monoisotopic (exact) mass is 384 g/mol. The van der Waals surface area contributed by atoms with Gasteiger partial charge in [-0.1, -0.05) is 48.2 Å². The molecule has 0 unspecified atom stereocenters. The number of benzene rings is 2. The Bertz CT molecular complexity index is 896. The third-order valence-corrected chi connectivity index (χ3v) is 5.63. The minimum atomic E-state index is -0.277. The molecule has 7 heteroatoms. The fourth-order valence-corrected chi connectivity index (χ4v) is 4.09. The van der Waals surface area contributed by atoms with Crippen LogP contribution in [0.3, 0.4) is 0 Å². The van der Waals surface area contributed by atoms with Crippen molar-refractivity contribution in [2.45, 2.75) is 17.3 Å². The topological polar surface area (TPSA) is 43.2 Å². The van der Waals surface area contributed by atoms with Crippen LogP contribution >= 0.6 is 11.8 Å². The summed E-state index contributed by atoms with van der Waals surface area (Å²) in [6, 6.07) is 16.8. The number of thioether (sulfide) groups is 1. The zero-order chi connectivity index (χ0) is 18.6. The molecule has 4 rings (SSSR count). The summed E-state index contributed by atoms with van der Waals surface area (Å²) in [6.07, 6.45) is 0. The molecule has 0 spiro atoms. The first-order valence-corrected chi connectivity index (χ1v) is 9.86. The van der Waals surface area contributed by atoms with Gasteiger partial charge in [-0.2, -0.15) is 0 Å². The van der Waals surface area contributed by atoms with Gasteiger partial charge >= 0.3 is 0 Å². The molecule has 2 heterocycles. The first-order chi connectivity index (χ1) is 13.2. The third kappa shape index (κ3) is 3.99. The smallest absolute Gasteiger partial charge is 0.232 e. The van der Waals surface area contributed by atoms with Gasteiger partial charge in [-0.15, -0.1) is 10.2 Å². The first kappa shape index (κ1) is 18.0. The Morgan fingerprint density at radius 1 is 1.04 bits per heavy atom. The summed E-state index contributed by atoms with van der Waals surface area (Å²) in [5, 5.41) is 9.81. The van der Waals surface area contributed by atoms with Crippen molar-refractivity contribution in [2.75, 3.05) is 31.2 Å². The van der Waals surface area contributed by atoms with Crippen molar-refractivity contribution in [3.8, 4) is 5.69 Å². The minimum absolute atomic E-state index is 0.195. The van der Waals surface area contributed by atoms with E-state index in [-0.39, 0.29) is 11.1 Å². The molecule has 140 valence electrons. The molecule has 1 atom stereocenters. The van der Waals surface area contributed by atoms with Crippen LogP contribution in [0.1, 0.15) is 17.7 Å². The maximum atomic E-state index is 13.9. The van der Waals surface area contributed by atoms with Crippen LogP contribution in [0.25, 0.3) is 5.69 Å². The van der Waals surface area contributed by atoms with Crippen molar-refractivity contribution in [1.29, 1.82) is 0 Å². The number of hydrogen-bond acceptors (Lipinski definition) is 5. The Balaban J connectivity index is 1.71. The van der Waals surface area contributed by atoms with E-state index >= 15 is 0 Å². The Kier molecular flexibility index (Phi) is 5.40. The molecule has 0 amide bonds. The van der Waals surface area contributed by atoms with Crippen LogP contribution in [0.15, 0.2) is 59.8 Å². The zero-order valence-corrected chi connectivity index (χ0v) is 15.9. The minimum Gasteiger partial charge on any atom is -0.378 e. The molecular weight excluding hydrogens is 363 g/mol. The average molecular weight is 384 g/mol. The number of nitrogens with zero attached hydrogens (tertiary/aromatic N) is 4. The Morgan fingerprint density at radius 3 is 2.56 bits per heavy atom. The highest BCUT2D eigenvalue weighted by atomic mass is 32.2. The molecule has 0 bridgehead atoms. The number of morpholine rings is 1. The molecule has 2 aromatic carbocycles. The molecule has 0 N–H and O–H groups in total. The largest absolute Gasteiger partial charge is 0.378 e. The maximum Gasteiger partial charge on any atom is 0.232 e. The lowest BCUT2D eigenvalue weighted by Gasteiger charge is -2.28. The molecule has 27 heavy (non-hydrogen) atoms. The molecule has 3 aromatic rings. The van der Waals surface area contributed by atoms with E-state index in [2.05, 4.69) is 34.2 Å². The van der Waals surface area contributed by atoms with Crippen molar-refractivity contribution in [3.05, 3.63) is 66.0 Å². The molecule has 5 nitrogen and oxygen atoms in total. The molecule has 0 radical (unpaired) electrons. The van der Waals surface area contributed by atoms with E-state index in [1.807, 2.05) is 28.8 Å². The Hall–Kier alpha value is -2.38. The summed E-state index contributed by atoms with van der Waals surface area (Å²) < 4.78 is 21.3. The molecule has 1 aromatic heterocycles. The fraction of sp³-hybridized carbons (Fsp3) is 0.300. The highest BCUT2D eigenvalue weighted by Crippen LogP contribution is 2.36. The molecule has 1 fully saturated rings. The van der Waals surface area contributed by atoms with E-state index < -0.39 is 0 Å². The van der Waals surface area contributed by atoms with Gasteiger partial charge in [0.1, 0.15) is 5.82 Å². The number of hydrogen-bond donors (Lipinski definition) is 0. The summed E-state index contributed by atoms with van der Waals surface area (Å²) >= 11 is 1.62. The lowest BCUT2D eigenvalue weighted by Crippen LogP contribution is -2.37. The summed E-state index contributed by atoms with van der Waals surface area (Å²) in [4.78, 5) is 2.14. The zero-order valence-electron chi connectivity index (χ0n) is 15.1. The number of halogens is 1. The van der Waals surface area contributed by atoms with E-state index in [1.54, 1.807) is 17.8 Å². The molecule has 1 aliphatic rings. The Morgan fingerprint density at radius 2 is 1.81 bits per heavy atom. The first-order valence-electron chi connectivity index (χ1n) is 8.98. The maximum absolute atomic E-state index is 13.9. The van der Waals surface area contributed by atoms with E-state index in [9.17, 15) is 4.39 Å². The molecular formula is C20H21FN4OS. The van der Waals surface area contributed by atoms with Gasteiger partial charge in [-0.3, -0.25) is 4.57 Å². The normalized spacial score (nSPS) is 15.7. The van der Waals surface area contributed by atoms with Gasteiger partial charge < -0.3 is 9.64 Å². The van der Waals surface area contributed by atoms with Crippen molar-refractivity contribution in [2.24, 2.45) is 0 Å². The highest BCUT2D eigenvalue weighted by molar-refractivity contribution is 7.99. The van der Waals surface area contributed by atoms with E-state index in [0.717, 1.165) is 29.9 Å². The lowest BCUT2D eigenvalue weighted by atomic mass is 10.2. The molecule has 0 saturated carbocycles. The molecule has 1 aliphatic heterocycles. The second-order valence-corrected chi connectivity index (χ2v) is 7.68. The molecule has 1 saturated heterocycles. The summed E-state index contributed by atoms with van der Waals surface area (Å²) in [6.45, 7) is 4.93. The van der Waals surface area contributed by atoms with Gasteiger partial charge in [0, 0.05) is 18.3 Å². The second kappa shape index (κ2) is 8.10. The van der Waals surface area contributed by atoms with Crippen molar-refractivity contribution < 1.29 is 9.13 Å². The standard InChI is InChI=1S/C20H21FN4OS/c1-15(16-6-3-2-4-7-16)27-20-23-22-19(24-10-12-26-13-11-24)25(20)18-9-5-8-17(21)14-18/h2-9,14-15H,10-13H2,1H3/t15-/m1/s1. The van der Waals surface area contributed by atoms with Gasteiger partial charge in [0.25, 0.3) is 0 Å². The van der Waals surface area contributed by atoms with Crippen LogP contribution in [-0.2, 0) is 4.74 Å². The SMILES string of the molecule is C[C@@H](Sc1nnc(N2CCOCC2)n1-c1cccc(F)c1)c1ccccc1. The summed E-state index contributed by atoms with van der Waals surface area (Å²) in [7, 11) is 0. The van der Waals surface area contributed by atoms with Crippen LogP contribution in [0, 0.1) is 5.82 Å². The predicted molar refractivity (Wildman–Crippen MR) is 105 cm³/mol. The van der Waals surface area contributed by atoms with Crippen LogP contribution < -0.4 is 4.90 Å². The van der Waals surface area contributed by atoms with Gasteiger partial charge in [0.15, 0.2) is 5.16 Å². The Labute approximate surface area is 162 Å². The van der Waals surface area contributed by atoms with Crippen molar-refractivity contribution >= 4 is 17.7 Å². The van der Waals surface area contributed by atoms with Gasteiger partial charge in [-0.05, 0) is 30.7 Å². The van der Waals surface area contributed by atoms with Gasteiger partial charge in [0.05, 0.1) is 18.9 Å².